The first kappa shape index (κ1) is 20.1. The Morgan fingerprint density at radius 2 is 2.23 bits per heavy atom. The van der Waals surface area contributed by atoms with E-state index in [9.17, 15) is 4.79 Å². The number of alkyl carbamates (subject to hydrolysis) is 1. The number of hydrogen-bond acceptors (Lipinski definition) is 7. The molecule has 2 N–H and O–H groups in total. The Balaban J connectivity index is 1.14. The molecule has 162 valence electrons. The summed E-state index contributed by atoms with van der Waals surface area (Å²) in [6.07, 6.45) is 7.63. The molecule has 1 saturated carbocycles. The van der Waals surface area contributed by atoms with Gasteiger partial charge >= 0.3 is 6.09 Å². The molecule has 0 spiro atoms. The van der Waals surface area contributed by atoms with Crippen molar-refractivity contribution in [2.75, 3.05) is 13.1 Å². The Hall–Kier alpha value is -2.78. The third-order valence-corrected chi connectivity index (χ3v) is 7.02. The zero-order valence-corrected chi connectivity index (χ0v) is 18.2. The van der Waals surface area contributed by atoms with Crippen LogP contribution in [0.1, 0.15) is 30.3 Å². The first-order chi connectivity index (χ1) is 15.2. The highest BCUT2D eigenvalue weighted by atomic mass is 32.1. The molecular weight excluding hydrogens is 412 g/mol. The van der Waals surface area contributed by atoms with Crippen LogP contribution >= 0.6 is 11.3 Å². The van der Waals surface area contributed by atoms with Crippen LogP contribution in [0.5, 0.6) is 0 Å². The Bertz CT molecular complexity index is 1020. The lowest BCUT2D eigenvalue weighted by Crippen LogP contribution is -2.30. The molecule has 0 aromatic carbocycles. The summed E-state index contributed by atoms with van der Waals surface area (Å²) < 4.78 is 7.05. The molecule has 5 rings (SSSR count). The number of fused-ring (bicyclic) bond motifs is 1. The summed E-state index contributed by atoms with van der Waals surface area (Å²) in [7, 11) is 1.92. The van der Waals surface area contributed by atoms with Crippen molar-refractivity contribution in [2.24, 2.45) is 24.8 Å². The van der Waals surface area contributed by atoms with Gasteiger partial charge in [0.05, 0.1) is 29.1 Å². The van der Waals surface area contributed by atoms with Crippen molar-refractivity contribution in [3.8, 4) is 11.1 Å². The van der Waals surface area contributed by atoms with Gasteiger partial charge in [-0.3, -0.25) is 9.67 Å². The topological polar surface area (TPSA) is 94.0 Å². The van der Waals surface area contributed by atoms with Gasteiger partial charge < -0.3 is 15.4 Å². The van der Waals surface area contributed by atoms with E-state index in [2.05, 4.69) is 32.8 Å². The average molecular weight is 439 g/mol. The van der Waals surface area contributed by atoms with Gasteiger partial charge in [0.25, 0.3) is 0 Å². The highest BCUT2D eigenvalue weighted by Gasteiger charge is 2.44. The van der Waals surface area contributed by atoms with Gasteiger partial charge in [-0.15, -0.1) is 11.3 Å². The van der Waals surface area contributed by atoms with Crippen molar-refractivity contribution in [3.05, 3.63) is 53.0 Å². The lowest BCUT2D eigenvalue weighted by molar-refractivity contribution is 0.136. The summed E-state index contributed by atoms with van der Waals surface area (Å²) in [6, 6.07) is 4.53. The van der Waals surface area contributed by atoms with Gasteiger partial charge in [0, 0.05) is 42.5 Å². The van der Waals surface area contributed by atoms with Crippen molar-refractivity contribution in [2.45, 2.75) is 25.5 Å². The fourth-order valence-electron chi connectivity index (χ4n) is 4.90. The van der Waals surface area contributed by atoms with Crippen molar-refractivity contribution < 1.29 is 9.53 Å². The lowest BCUT2D eigenvalue weighted by Gasteiger charge is -2.19. The summed E-state index contributed by atoms with van der Waals surface area (Å²) in [5.41, 5.74) is 5.77. The van der Waals surface area contributed by atoms with Crippen molar-refractivity contribution >= 4 is 17.4 Å². The van der Waals surface area contributed by atoms with E-state index in [0.717, 1.165) is 41.9 Å². The van der Waals surface area contributed by atoms with Gasteiger partial charge in [0.15, 0.2) is 0 Å². The molecule has 0 bridgehead atoms. The second kappa shape index (κ2) is 8.76. The van der Waals surface area contributed by atoms with E-state index in [1.165, 1.54) is 11.3 Å². The molecule has 0 radical (unpaired) electrons. The molecule has 2 fully saturated rings. The van der Waals surface area contributed by atoms with Crippen LogP contribution in [0.2, 0.25) is 0 Å². The van der Waals surface area contributed by atoms with Gasteiger partial charge in [-0.25, -0.2) is 9.78 Å². The molecule has 3 aromatic heterocycles. The number of pyridine rings is 1. The van der Waals surface area contributed by atoms with Crippen LogP contribution in [0.15, 0.2) is 41.6 Å². The van der Waals surface area contributed by atoms with Gasteiger partial charge in [0.1, 0.15) is 6.61 Å². The van der Waals surface area contributed by atoms with E-state index in [4.69, 9.17) is 9.72 Å². The minimum absolute atomic E-state index is 0.220. The monoisotopic (exact) mass is 438 g/mol. The Kier molecular flexibility index (Phi) is 5.69. The van der Waals surface area contributed by atoms with Crippen LogP contribution in [0.3, 0.4) is 0 Å². The van der Waals surface area contributed by atoms with Gasteiger partial charge in [-0.2, -0.15) is 5.10 Å². The predicted molar refractivity (Wildman–Crippen MR) is 117 cm³/mol. The van der Waals surface area contributed by atoms with E-state index in [1.807, 2.05) is 31.0 Å². The number of hydrogen-bond donors (Lipinski definition) is 2. The molecule has 31 heavy (non-hydrogen) atoms. The molecular formula is C22H26N6O2S. The van der Waals surface area contributed by atoms with E-state index in [0.29, 0.717) is 24.3 Å². The van der Waals surface area contributed by atoms with Crippen LogP contribution in [-0.4, -0.2) is 38.9 Å². The molecule has 3 aromatic rings. The lowest BCUT2D eigenvalue weighted by atomic mass is 9.91. The van der Waals surface area contributed by atoms with E-state index >= 15 is 0 Å². The summed E-state index contributed by atoms with van der Waals surface area (Å²) >= 11 is 1.50. The van der Waals surface area contributed by atoms with E-state index in [1.54, 1.807) is 10.2 Å². The smallest absolute Gasteiger partial charge is 0.407 e. The highest BCUT2D eigenvalue weighted by molar-refractivity contribution is 7.07. The number of ether oxygens (including phenoxy) is 1. The van der Waals surface area contributed by atoms with E-state index < -0.39 is 0 Å². The molecule has 1 amide bonds. The Morgan fingerprint density at radius 1 is 1.29 bits per heavy atom. The molecule has 2 aliphatic rings. The van der Waals surface area contributed by atoms with Gasteiger partial charge in [0.2, 0.25) is 0 Å². The molecule has 1 saturated heterocycles. The largest absolute Gasteiger partial charge is 0.443 e. The first-order valence-electron chi connectivity index (χ1n) is 10.6. The normalized spacial score (nSPS) is 24.8. The highest BCUT2D eigenvalue weighted by Crippen LogP contribution is 2.46. The third kappa shape index (κ3) is 4.47. The van der Waals surface area contributed by atoms with E-state index in [-0.39, 0.29) is 18.7 Å². The number of amides is 1. The number of rotatable bonds is 6. The number of carbonyl (C=O) groups excluding carboxylic acids is 1. The van der Waals surface area contributed by atoms with Crippen LogP contribution in [-0.2, 0) is 18.4 Å². The number of aromatic nitrogens is 4. The number of nitrogens with zero attached hydrogens (tertiary/aromatic N) is 4. The fourth-order valence-corrected chi connectivity index (χ4v) is 5.44. The second-order valence-electron chi connectivity index (χ2n) is 8.46. The number of aryl methyl sites for hydroxylation is 1. The molecule has 4 atom stereocenters. The zero-order chi connectivity index (χ0) is 21.2. The molecule has 8 nitrogen and oxygen atoms in total. The molecule has 1 aliphatic heterocycles. The minimum atomic E-state index is -0.368. The Morgan fingerprint density at radius 3 is 2.97 bits per heavy atom. The van der Waals surface area contributed by atoms with Crippen LogP contribution in [0, 0.1) is 17.8 Å². The van der Waals surface area contributed by atoms with Crippen LogP contribution in [0.25, 0.3) is 11.1 Å². The Labute approximate surface area is 185 Å². The minimum Gasteiger partial charge on any atom is -0.443 e. The summed E-state index contributed by atoms with van der Waals surface area (Å²) in [5, 5.41) is 12.7. The van der Waals surface area contributed by atoms with Crippen LogP contribution in [0.4, 0.5) is 4.79 Å². The van der Waals surface area contributed by atoms with Crippen molar-refractivity contribution in [1.82, 2.24) is 30.4 Å². The summed E-state index contributed by atoms with van der Waals surface area (Å²) in [4.78, 5) is 20.9. The fraction of sp³-hybridized carbons (Fsp3) is 0.455. The van der Waals surface area contributed by atoms with Crippen molar-refractivity contribution in [1.29, 1.82) is 0 Å². The van der Waals surface area contributed by atoms with Gasteiger partial charge in [-0.05, 0) is 43.2 Å². The summed E-state index contributed by atoms with van der Waals surface area (Å²) in [5.74, 6) is 1.65. The predicted octanol–water partition coefficient (Wildman–Crippen LogP) is 3.15. The second-order valence-corrected chi connectivity index (χ2v) is 9.18. The zero-order valence-electron chi connectivity index (χ0n) is 17.4. The first-order valence-corrected chi connectivity index (χ1v) is 11.6. The molecule has 4 heterocycles. The van der Waals surface area contributed by atoms with Crippen molar-refractivity contribution in [3.63, 3.8) is 0 Å². The average Bonchev–Trinajstić information content (AvgIpc) is 3.56. The molecule has 9 heteroatoms. The number of thiazole rings is 1. The number of carbonyl (C=O) groups is 1. The number of nitrogens with one attached hydrogen (secondary N) is 2. The standard InChI is InChI=1S/C22H26N6O2S/c1-28-10-17(9-27-28)15-2-3-20(23-7-15)21-19-5-14(4-16(19)8-24-21)6-25-22(29)30-11-18-12-31-13-26-18/h2-3,7,9-10,12-14,16,19,21,24H,4-6,8,11H2,1H3,(H,25,29)/t14-,16+,19-,21-/m0/s1. The maximum Gasteiger partial charge on any atom is 0.407 e. The van der Waals surface area contributed by atoms with Crippen LogP contribution < -0.4 is 10.6 Å². The molecule has 0 unspecified atom stereocenters. The maximum atomic E-state index is 12.0. The quantitative estimate of drug-likeness (QED) is 0.614. The third-order valence-electron chi connectivity index (χ3n) is 6.39. The summed E-state index contributed by atoms with van der Waals surface area (Å²) in [6.45, 7) is 1.88. The maximum absolute atomic E-state index is 12.0. The SMILES string of the molecule is Cn1cc(-c2ccc([C@H]3NC[C@H]4C[C@H](CNC(=O)OCc5cscn5)C[C@@H]43)nc2)cn1. The van der Waals surface area contributed by atoms with Gasteiger partial charge in [-0.1, -0.05) is 6.07 Å². The molecule has 1 aliphatic carbocycles.